The molecule has 1 aliphatic heterocycles. The van der Waals surface area contributed by atoms with Gasteiger partial charge < -0.3 is 4.57 Å². The van der Waals surface area contributed by atoms with E-state index < -0.39 is 0 Å². The third kappa shape index (κ3) is 3.09. The van der Waals surface area contributed by atoms with Gasteiger partial charge in [0.15, 0.2) is 11.0 Å². The number of benzene rings is 1. The van der Waals surface area contributed by atoms with Crippen molar-refractivity contribution in [2.24, 2.45) is 0 Å². The average molecular weight is 340 g/mol. The summed E-state index contributed by atoms with van der Waals surface area (Å²) in [6.07, 6.45) is 6.82. The quantitative estimate of drug-likeness (QED) is 0.715. The summed E-state index contributed by atoms with van der Waals surface area (Å²) in [4.78, 5) is 6.53. The highest BCUT2D eigenvalue weighted by atomic mass is 32.2. The highest BCUT2D eigenvalue weighted by Gasteiger charge is 2.22. The third-order valence-corrected chi connectivity index (χ3v) is 5.32. The van der Waals surface area contributed by atoms with Crippen LogP contribution in [0.15, 0.2) is 48.1 Å². The zero-order chi connectivity index (χ0) is 16.4. The van der Waals surface area contributed by atoms with Gasteiger partial charge in [0.25, 0.3) is 0 Å². The molecule has 0 fully saturated rings. The molecule has 0 amide bonds. The van der Waals surface area contributed by atoms with Crippen LogP contribution in [0.2, 0.25) is 0 Å². The number of hydrogen-bond acceptors (Lipinski definition) is 5. The molecule has 0 unspecified atom stereocenters. The van der Waals surface area contributed by atoms with E-state index in [1.807, 2.05) is 18.7 Å². The van der Waals surface area contributed by atoms with Crippen LogP contribution < -0.4 is 0 Å². The Morgan fingerprint density at radius 2 is 2.08 bits per heavy atom. The molecule has 0 saturated heterocycles. The maximum Gasteiger partial charge on any atom is 0.193 e. The summed E-state index contributed by atoms with van der Waals surface area (Å²) in [7, 11) is 0. The van der Waals surface area contributed by atoms with Crippen molar-refractivity contribution < 1.29 is 0 Å². The molecule has 0 aliphatic carbocycles. The molecular formula is C17H20N6S. The molecule has 6 nitrogen and oxygen atoms in total. The van der Waals surface area contributed by atoms with E-state index in [1.165, 1.54) is 5.56 Å². The Bertz CT molecular complexity index is 810. The van der Waals surface area contributed by atoms with Gasteiger partial charge in [-0.1, -0.05) is 36.0 Å². The molecule has 1 aromatic carbocycles. The average Bonchev–Trinajstić information content (AvgIpc) is 3.25. The van der Waals surface area contributed by atoms with E-state index in [2.05, 4.69) is 60.4 Å². The lowest BCUT2D eigenvalue weighted by atomic mass is 10.1. The number of imidazole rings is 1. The molecule has 2 aromatic heterocycles. The molecule has 3 aromatic rings. The van der Waals surface area contributed by atoms with Gasteiger partial charge in [0.1, 0.15) is 0 Å². The van der Waals surface area contributed by atoms with Gasteiger partial charge in [0.05, 0.1) is 18.9 Å². The molecule has 0 atom stereocenters. The molecule has 7 heteroatoms. The zero-order valence-electron chi connectivity index (χ0n) is 13.7. The van der Waals surface area contributed by atoms with Crippen LogP contribution in [0.1, 0.15) is 12.0 Å². The number of aromatic nitrogens is 5. The van der Waals surface area contributed by atoms with Gasteiger partial charge in [-0.2, -0.15) is 0 Å². The molecular weight excluding hydrogens is 320 g/mol. The minimum absolute atomic E-state index is 0.850. The topological polar surface area (TPSA) is 51.8 Å². The predicted octanol–water partition coefficient (Wildman–Crippen LogP) is 2.86. The van der Waals surface area contributed by atoms with Crippen LogP contribution >= 0.6 is 11.8 Å². The second-order valence-electron chi connectivity index (χ2n) is 6.01. The van der Waals surface area contributed by atoms with Gasteiger partial charge in [-0.15, -0.1) is 10.2 Å². The Morgan fingerprint density at radius 1 is 1.17 bits per heavy atom. The number of fused-ring (bicyclic) bond motifs is 1. The van der Waals surface area contributed by atoms with Crippen molar-refractivity contribution in [2.45, 2.75) is 31.7 Å². The van der Waals surface area contributed by atoms with Gasteiger partial charge in [-0.25, -0.2) is 4.98 Å². The third-order valence-electron chi connectivity index (χ3n) is 4.27. The maximum absolute atomic E-state index is 4.44. The molecule has 0 bridgehead atoms. The van der Waals surface area contributed by atoms with Gasteiger partial charge in [-0.3, -0.25) is 9.47 Å². The normalized spacial score (nSPS) is 14.7. The van der Waals surface area contributed by atoms with E-state index in [1.54, 1.807) is 11.8 Å². The van der Waals surface area contributed by atoms with Crippen molar-refractivity contribution in [1.29, 1.82) is 0 Å². The van der Waals surface area contributed by atoms with Crippen molar-refractivity contribution >= 4 is 11.8 Å². The van der Waals surface area contributed by atoms with E-state index in [0.29, 0.717) is 0 Å². The lowest BCUT2D eigenvalue weighted by Gasteiger charge is -2.27. The Hall–Kier alpha value is -2.12. The fourth-order valence-corrected chi connectivity index (χ4v) is 3.87. The summed E-state index contributed by atoms with van der Waals surface area (Å²) in [5.74, 6) is 1.94. The number of rotatable bonds is 5. The minimum atomic E-state index is 0.850. The molecule has 24 heavy (non-hydrogen) atoms. The Labute approximate surface area is 145 Å². The second kappa shape index (κ2) is 6.78. The lowest BCUT2D eigenvalue weighted by Crippen LogP contribution is -2.32. The standard InChI is InChI=1S/C17H20N6S/c1-14-5-2-3-6-15(14)16-19-20-17-23(16)12-22(13-24-17)9-4-8-21-10-7-18-11-21/h2-3,5-7,10-11H,4,8-9,12-13H2,1H3. The summed E-state index contributed by atoms with van der Waals surface area (Å²) in [6, 6.07) is 8.36. The van der Waals surface area contributed by atoms with Crippen LogP contribution in [0.4, 0.5) is 0 Å². The van der Waals surface area contributed by atoms with Gasteiger partial charge >= 0.3 is 0 Å². The van der Waals surface area contributed by atoms with E-state index in [0.717, 1.165) is 48.6 Å². The van der Waals surface area contributed by atoms with E-state index in [4.69, 9.17) is 0 Å². The van der Waals surface area contributed by atoms with Crippen molar-refractivity contribution in [1.82, 2.24) is 29.2 Å². The Balaban J connectivity index is 1.46. The first-order valence-corrected chi connectivity index (χ1v) is 9.10. The Kier molecular flexibility index (Phi) is 4.36. The first-order chi connectivity index (χ1) is 11.8. The number of aryl methyl sites for hydroxylation is 2. The van der Waals surface area contributed by atoms with Crippen molar-refractivity contribution in [3.05, 3.63) is 48.5 Å². The number of nitrogens with zero attached hydrogens (tertiary/aromatic N) is 6. The van der Waals surface area contributed by atoms with Crippen LogP contribution in [0.3, 0.4) is 0 Å². The highest BCUT2D eigenvalue weighted by Crippen LogP contribution is 2.30. The summed E-state index contributed by atoms with van der Waals surface area (Å²) < 4.78 is 4.35. The fourth-order valence-electron chi connectivity index (χ4n) is 2.97. The molecule has 1 aliphatic rings. The number of hydrogen-bond donors (Lipinski definition) is 0. The van der Waals surface area contributed by atoms with E-state index in [-0.39, 0.29) is 0 Å². The summed E-state index contributed by atoms with van der Waals surface area (Å²) in [5, 5.41) is 9.82. The van der Waals surface area contributed by atoms with Gasteiger partial charge in [-0.05, 0) is 18.9 Å². The first kappa shape index (κ1) is 15.4. The van der Waals surface area contributed by atoms with Crippen LogP contribution in [0.5, 0.6) is 0 Å². The molecule has 0 saturated carbocycles. The molecule has 4 rings (SSSR count). The second-order valence-corrected chi connectivity index (χ2v) is 6.92. The summed E-state index contributed by atoms with van der Waals surface area (Å²) in [5.41, 5.74) is 2.40. The maximum atomic E-state index is 4.44. The van der Waals surface area contributed by atoms with Gasteiger partial charge in [0, 0.05) is 31.0 Å². The van der Waals surface area contributed by atoms with Crippen molar-refractivity contribution in [3.8, 4) is 11.4 Å². The predicted molar refractivity (Wildman–Crippen MR) is 94.5 cm³/mol. The molecule has 3 heterocycles. The fraction of sp³-hybridized carbons (Fsp3) is 0.353. The zero-order valence-corrected chi connectivity index (χ0v) is 14.5. The Morgan fingerprint density at radius 3 is 2.92 bits per heavy atom. The van der Waals surface area contributed by atoms with Crippen LogP contribution in [0.25, 0.3) is 11.4 Å². The van der Waals surface area contributed by atoms with Crippen molar-refractivity contribution in [3.63, 3.8) is 0 Å². The summed E-state index contributed by atoms with van der Waals surface area (Å²) >= 11 is 1.76. The van der Waals surface area contributed by atoms with Crippen LogP contribution in [0, 0.1) is 6.92 Å². The molecule has 124 valence electrons. The van der Waals surface area contributed by atoms with E-state index in [9.17, 15) is 0 Å². The highest BCUT2D eigenvalue weighted by molar-refractivity contribution is 7.99. The minimum Gasteiger partial charge on any atom is -0.337 e. The van der Waals surface area contributed by atoms with Gasteiger partial charge in [0.2, 0.25) is 0 Å². The van der Waals surface area contributed by atoms with Crippen LogP contribution in [-0.4, -0.2) is 41.6 Å². The molecule has 0 N–H and O–H groups in total. The first-order valence-electron chi connectivity index (χ1n) is 8.11. The smallest absolute Gasteiger partial charge is 0.193 e. The van der Waals surface area contributed by atoms with Crippen molar-refractivity contribution in [2.75, 3.05) is 12.4 Å². The van der Waals surface area contributed by atoms with E-state index >= 15 is 0 Å². The lowest BCUT2D eigenvalue weighted by molar-refractivity contribution is 0.233. The number of thioether (sulfide) groups is 1. The monoisotopic (exact) mass is 340 g/mol. The largest absolute Gasteiger partial charge is 0.337 e. The molecule has 0 radical (unpaired) electrons. The SMILES string of the molecule is Cc1ccccc1-c1nnc2n1CN(CCCn1ccnc1)CS2. The molecule has 0 spiro atoms. The van der Waals surface area contributed by atoms with Crippen LogP contribution in [-0.2, 0) is 13.2 Å². The summed E-state index contributed by atoms with van der Waals surface area (Å²) in [6.45, 7) is 5.02.